The van der Waals surface area contributed by atoms with Gasteiger partial charge in [-0.25, -0.2) is 8.42 Å². The number of nitrogens with zero attached hydrogens (tertiary/aromatic N) is 1. The van der Waals surface area contributed by atoms with Crippen molar-refractivity contribution in [3.8, 4) is 0 Å². The van der Waals surface area contributed by atoms with Crippen molar-refractivity contribution in [3.63, 3.8) is 0 Å². The van der Waals surface area contributed by atoms with Crippen LogP contribution in [0.5, 0.6) is 0 Å². The topological polar surface area (TPSA) is 82.3 Å². The zero-order valence-electron chi connectivity index (χ0n) is 13.7. The number of halogens is 1. The fourth-order valence-electron chi connectivity index (χ4n) is 3.03. The van der Waals surface area contributed by atoms with E-state index in [1.165, 1.54) is 4.31 Å². The molecule has 2 aromatic rings. The Hall–Kier alpha value is -1.41. The van der Waals surface area contributed by atoms with Crippen LogP contribution < -0.4 is 10.9 Å². The first-order valence-corrected chi connectivity index (χ1v) is 9.20. The molecule has 8 heteroatoms. The Morgan fingerprint density at radius 1 is 1.25 bits per heavy atom. The summed E-state index contributed by atoms with van der Waals surface area (Å²) in [6, 6.07) is 5.17. The fourth-order valence-corrected chi connectivity index (χ4v) is 4.77. The van der Waals surface area contributed by atoms with Gasteiger partial charge in [0.1, 0.15) is 0 Å². The van der Waals surface area contributed by atoms with Crippen LogP contribution in [-0.4, -0.2) is 43.4 Å². The van der Waals surface area contributed by atoms with Crippen LogP contribution in [0.3, 0.4) is 0 Å². The maximum atomic E-state index is 13.1. The Labute approximate surface area is 147 Å². The van der Waals surface area contributed by atoms with Gasteiger partial charge in [-0.3, -0.25) is 4.79 Å². The van der Waals surface area contributed by atoms with E-state index in [4.69, 9.17) is 0 Å². The van der Waals surface area contributed by atoms with Crippen molar-refractivity contribution in [1.29, 1.82) is 0 Å². The monoisotopic (exact) mass is 371 g/mol. The minimum atomic E-state index is -3.63. The van der Waals surface area contributed by atoms with Gasteiger partial charge in [0.05, 0.1) is 4.90 Å². The molecule has 1 unspecified atom stereocenters. The summed E-state index contributed by atoms with van der Waals surface area (Å²) in [6.07, 6.45) is 2.33. The number of rotatable bonds is 2. The van der Waals surface area contributed by atoms with Crippen molar-refractivity contribution in [2.24, 2.45) is 0 Å². The van der Waals surface area contributed by atoms with Crippen LogP contribution >= 0.6 is 12.4 Å². The van der Waals surface area contributed by atoms with Gasteiger partial charge in [-0.15, -0.1) is 12.4 Å². The molecule has 6 nitrogen and oxygen atoms in total. The summed E-state index contributed by atoms with van der Waals surface area (Å²) in [5, 5.41) is 4.22. The Morgan fingerprint density at radius 3 is 2.75 bits per heavy atom. The van der Waals surface area contributed by atoms with Gasteiger partial charge in [0, 0.05) is 42.6 Å². The summed E-state index contributed by atoms with van der Waals surface area (Å²) in [6.45, 7) is 5.41. The van der Waals surface area contributed by atoms with Gasteiger partial charge in [0.2, 0.25) is 10.0 Å². The number of fused-ring (bicyclic) bond motifs is 1. The average molecular weight is 372 g/mol. The second-order valence-corrected chi connectivity index (χ2v) is 7.93. The molecule has 1 fully saturated rings. The van der Waals surface area contributed by atoms with E-state index in [0.29, 0.717) is 36.4 Å². The molecule has 1 saturated heterocycles. The van der Waals surface area contributed by atoms with Crippen LogP contribution in [0.15, 0.2) is 34.1 Å². The second kappa shape index (κ2) is 7.23. The van der Waals surface area contributed by atoms with E-state index in [0.717, 1.165) is 12.0 Å². The third kappa shape index (κ3) is 3.35. The highest BCUT2D eigenvalue weighted by atomic mass is 35.5. The summed E-state index contributed by atoms with van der Waals surface area (Å²) in [7, 11) is -3.63. The number of benzene rings is 1. The van der Waals surface area contributed by atoms with E-state index < -0.39 is 10.0 Å². The quantitative estimate of drug-likeness (QED) is 0.840. The van der Waals surface area contributed by atoms with Crippen LogP contribution in [0.4, 0.5) is 0 Å². The van der Waals surface area contributed by atoms with Gasteiger partial charge in [0.15, 0.2) is 0 Å². The van der Waals surface area contributed by atoms with Crippen LogP contribution in [0.25, 0.3) is 10.8 Å². The number of H-pyrrole nitrogens is 1. The molecule has 0 bridgehead atoms. The number of aryl methyl sites for hydroxylation is 1. The fraction of sp³-hybridized carbons (Fsp3) is 0.438. The smallest absolute Gasteiger partial charge is 0.255 e. The number of hydrogen-bond acceptors (Lipinski definition) is 4. The molecule has 2 heterocycles. The van der Waals surface area contributed by atoms with Gasteiger partial charge in [-0.2, -0.15) is 4.31 Å². The van der Waals surface area contributed by atoms with Crippen molar-refractivity contribution in [2.45, 2.75) is 31.2 Å². The van der Waals surface area contributed by atoms with Crippen LogP contribution in [0.1, 0.15) is 18.9 Å². The van der Waals surface area contributed by atoms with E-state index in [9.17, 15) is 13.2 Å². The van der Waals surface area contributed by atoms with E-state index >= 15 is 0 Å². The zero-order chi connectivity index (χ0) is 16.6. The van der Waals surface area contributed by atoms with Gasteiger partial charge in [0.25, 0.3) is 5.56 Å². The van der Waals surface area contributed by atoms with Crippen LogP contribution in [0, 0.1) is 6.92 Å². The SMILES string of the molecule is Cc1c[nH]c(=O)c2cccc(S(=O)(=O)N3CCNC(C)CC3)c12.Cl. The molecule has 0 amide bonds. The highest BCUT2D eigenvalue weighted by molar-refractivity contribution is 7.89. The molecule has 2 N–H and O–H groups in total. The minimum absolute atomic E-state index is 0. The lowest BCUT2D eigenvalue weighted by Gasteiger charge is -2.21. The van der Waals surface area contributed by atoms with Crippen molar-refractivity contribution in [1.82, 2.24) is 14.6 Å². The normalized spacial score (nSPS) is 19.7. The van der Waals surface area contributed by atoms with Crippen molar-refractivity contribution < 1.29 is 8.42 Å². The lowest BCUT2D eigenvalue weighted by molar-refractivity contribution is 0.429. The Kier molecular flexibility index (Phi) is 5.70. The van der Waals surface area contributed by atoms with E-state index in [1.54, 1.807) is 24.4 Å². The number of aromatic amines is 1. The molecule has 3 rings (SSSR count). The molecule has 24 heavy (non-hydrogen) atoms. The number of nitrogens with one attached hydrogen (secondary N) is 2. The number of sulfonamides is 1. The number of pyridine rings is 1. The van der Waals surface area contributed by atoms with E-state index in [1.807, 2.05) is 6.92 Å². The second-order valence-electron chi connectivity index (χ2n) is 6.03. The largest absolute Gasteiger partial charge is 0.328 e. The van der Waals surface area contributed by atoms with Gasteiger partial charge in [-0.05, 0) is 38.0 Å². The average Bonchev–Trinajstić information content (AvgIpc) is 2.75. The molecular weight excluding hydrogens is 350 g/mol. The third-order valence-corrected chi connectivity index (χ3v) is 6.31. The lowest BCUT2D eigenvalue weighted by Crippen LogP contribution is -2.34. The van der Waals surface area contributed by atoms with E-state index in [2.05, 4.69) is 17.2 Å². The predicted octanol–water partition coefficient (Wildman–Crippen LogP) is 1.63. The summed E-state index contributed by atoms with van der Waals surface area (Å²) < 4.78 is 27.7. The molecule has 0 spiro atoms. The molecule has 1 aromatic carbocycles. The summed E-state index contributed by atoms with van der Waals surface area (Å²) in [4.78, 5) is 14.9. The maximum absolute atomic E-state index is 13.1. The molecule has 1 aromatic heterocycles. The molecule has 1 atom stereocenters. The Balaban J connectivity index is 0.00000208. The summed E-state index contributed by atoms with van der Waals surface area (Å²) >= 11 is 0. The summed E-state index contributed by atoms with van der Waals surface area (Å²) in [5.74, 6) is 0. The number of hydrogen-bond donors (Lipinski definition) is 2. The first-order chi connectivity index (χ1) is 10.9. The molecule has 0 radical (unpaired) electrons. The van der Waals surface area contributed by atoms with E-state index in [-0.39, 0.29) is 22.9 Å². The van der Waals surface area contributed by atoms with Crippen molar-refractivity contribution in [3.05, 3.63) is 40.3 Å². The highest BCUT2D eigenvalue weighted by Gasteiger charge is 2.28. The van der Waals surface area contributed by atoms with Crippen LogP contribution in [-0.2, 0) is 10.0 Å². The molecule has 0 aliphatic carbocycles. The first kappa shape index (κ1) is 18.9. The van der Waals surface area contributed by atoms with Crippen molar-refractivity contribution >= 4 is 33.2 Å². The highest BCUT2D eigenvalue weighted by Crippen LogP contribution is 2.26. The molecule has 1 aliphatic rings. The van der Waals surface area contributed by atoms with Crippen LogP contribution in [0.2, 0.25) is 0 Å². The molecule has 1 aliphatic heterocycles. The maximum Gasteiger partial charge on any atom is 0.255 e. The standard InChI is InChI=1S/C16H21N3O3S.ClH/c1-11-10-18-16(20)13-4-3-5-14(15(11)13)23(21,22)19-8-6-12(2)17-7-9-19;/h3-5,10,12,17H,6-9H2,1-2H3,(H,18,20);1H. The third-order valence-electron chi connectivity index (χ3n) is 4.37. The van der Waals surface area contributed by atoms with Gasteiger partial charge < -0.3 is 10.3 Å². The zero-order valence-corrected chi connectivity index (χ0v) is 15.3. The lowest BCUT2D eigenvalue weighted by atomic mass is 10.1. The number of aromatic nitrogens is 1. The predicted molar refractivity (Wildman–Crippen MR) is 97.4 cm³/mol. The van der Waals surface area contributed by atoms with Gasteiger partial charge >= 0.3 is 0 Å². The van der Waals surface area contributed by atoms with Gasteiger partial charge in [-0.1, -0.05) is 6.07 Å². The molecule has 132 valence electrons. The summed E-state index contributed by atoms with van der Waals surface area (Å²) in [5.41, 5.74) is 0.480. The minimum Gasteiger partial charge on any atom is -0.328 e. The Bertz CT molecular complexity index is 895. The first-order valence-electron chi connectivity index (χ1n) is 7.76. The van der Waals surface area contributed by atoms with Crippen molar-refractivity contribution in [2.75, 3.05) is 19.6 Å². The Morgan fingerprint density at radius 2 is 2.00 bits per heavy atom. The molecule has 0 saturated carbocycles. The molecular formula is C16H22ClN3O3S.